The molecule has 3 rings (SSSR count). The SMILES string of the molecule is Cn1cnc(S(=O)(=O)NCCS(=O)(=O)Nc2ccn3nccc3c2)c1. The number of sulfonamides is 2. The van der Waals surface area contributed by atoms with Crippen LogP contribution in [0.3, 0.4) is 0 Å². The summed E-state index contributed by atoms with van der Waals surface area (Å²) in [5.74, 6) is -0.413. The lowest BCUT2D eigenvalue weighted by Gasteiger charge is -2.09. The number of imidazole rings is 1. The van der Waals surface area contributed by atoms with E-state index in [4.69, 9.17) is 0 Å². The first kappa shape index (κ1) is 17.4. The Kier molecular flexibility index (Phi) is 4.49. The molecule has 134 valence electrons. The lowest BCUT2D eigenvalue weighted by Crippen LogP contribution is -2.31. The van der Waals surface area contributed by atoms with Crippen molar-refractivity contribution in [1.29, 1.82) is 0 Å². The van der Waals surface area contributed by atoms with Crippen molar-refractivity contribution in [2.45, 2.75) is 5.03 Å². The maximum atomic E-state index is 12.1. The van der Waals surface area contributed by atoms with Crippen molar-refractivity contribution in [2.75, 3.05) is 17.0 Å². The average Bonchev–Trinajstić information content (AvgIpc) is 3.14. The fourth-order valence-corrected chi connectivity index (χ4v) is 4.23. The Bertz CT molecular complexity index is 1100. The van der Waals surface area contributed by atoms with Crippen LogP contribution in [0.15, 0.2) is 48.1 Å². The van der Waals surface area contributed by atoms with Crippen molar-refractivity contribution in [2.24, 2.45) is 7.05 Å². The molecule has 0 atom stereocenters. The number of hydrogen-bond donors (Lipinski definition) is 2. The molecule has 25 heavy (non-hydrogen) atoms. The number of fused-ring (bicyclic) bond motifs is 1. The van der Waals surface area contributed by atoms with Crippen LogP contribution < -0.4 is 9.44 Å². The summed E-state index contributed by atoms with van der Waals surface area (Å²) in [6.45, 7) is -0.275. The molecule has 0 spiro atoms. The van der Waals surface area contributed by atoms with E-state index >= 15 is 0 Å². The molecule has 10 nitrogen and oxygen atoms in total. The number of anilines is 1. The zero-order valence-electron chi connectivity index (χ0n) is 13.2. The summed E-state index contributed by atoms with van der Waals surface area (Å²) in [5.41, 5.74) is 1.11. The van der Waals surface area contributed by atoms with E-state index in [2.05, 4.69) is 19.5 Å². The Morgan fingerprint density at radius 2 is 2.00 bits per heavy atom. The molecule has 3 heterocycles. The first-order valence-corrected chi connectivity index (χ1v) is 10.3. The van der Waals surface area contributed by atoms with Crippen molar-refractivity contribution < 1.29 is 16.8 Å². The predicted octanol–water partition coefficient (Wildman–Crippen LogP) is -0.212. The van der Waals surface area contributed by atoms with Gasteiger partial charge >= 0.3 is 0 Å². The smallest absolute Gasteiger partial charge is 0.259 e. The summed E-state index contributed by atoms with van der Waals surface area (Å²) in [6.07, 6.45) is 5.90. The lowest BCUT2D eigenvalue weighted by molar-refractivity contribution is 0.579. The topological polar surface area (TPSA) is 127 Å². The van der Waals surface area contributed by atoms with Crippen LogP contribution in [0, 0.1) is 0 Å². The standard InChI is InChI=1S/C13H16N6O4S2/c1-18-9-13(14-10-18)25(22,23)16-5-7-24(20,21)17-11-3-6-19-12(8-11)2-4-15-19/h2-4,6,8-10,16-17H,5,7H2,1H3. The molecular formula is C13H16N6O4S2. The number of rotatable bonds is 7. The van der Waals surface area contributed by atoms with Gasteiger partial charge in [0.15, 0.2) is 5.03 Å². The first-order valence-electron chi connectivity index (χ1n) is 7.17. The second-order valence-corrected chi connectivity index (χ2v) is 8.87. The van der Waals surface area contributed by atoms with Gasteiger partial charge in [-0.2, -0.15) is 5.10 Å². The summed E-state index contributed by atoms with van der Waals surface area (Å²) in [7, 11) is -5.92. The van der Waals surface area contributed by atoms with Gasteiger partial charge in [-0.3, -0.25) is 4.72 Å². The van der Waals surface area contributed by atoms with Gasteiger partial charge in [0.1, 0.15) is 0 Å². The number of aromatic nitrogens is 4. The van der Waals surface area contributed by atoms with Gasteiger partial charge in [-0.05, 0) is 18.2 Å². The highest BCUT2D eigenvalue weighted by atomic mass is 32.2. The van der Waals surface area contributed by atoms with Crippen molar-refractivity contribution in [1.82, 2.24) is 23.9 Å². The molecule has 0 aliphatic carbocycles. The van der Waals surface area contributed by atoms with Crippen LogP contribution in [-0.4, -0.2) is 48.3 Å². The van der Waals surface area contributed by atoms with Crippen LogP contribution in [0.2, 0.25) is 0 Å². The molecule has 0 aliphatic heterocycles. The molecule has 3 aromatic heterocycles. The van der Waals surface area contributed by atoms with E-state index in [0.29, 0.717) is 5.69 Å². The maximum Gasteiger partial charge on any atom is 0.259 e. The molecule has 0 aromatic carbocycles. The summed E-state index contributed by atoms with van der Waals surface area (Å²) >= 11 is 0. The molecule has 0 fully saturated rings. The van der Waals surface area contributed by atoms with Gasteiger partial charge in [0.25, 0.3) is 10.0 Å². The Labute approximate surface area is 144 Å². The van der Waals surface area contributed by atoms with Crippen molar-refractivity contribution in [3.8, 4) is 0 Å². The van der Waals surface area contributed by atoms with E-state index in [1.807, 2.05) is 0 Å². The normalized spacial score (nSPS) is 12.5. The zero-order valence-corrected chi connectivity index (χ0v) is 14.8. The summed E-state index contributed by atoms with van der Waals surface area (Å²) in [6, 6.07) is 4.93. The minimum absolute atomic E-state index is 0.161. The Morgan fingerprint density at radius 3 is 2.72 bits per heavy atom. The fourth-order valence-electron chi connectivity index (χ4n) is 2.13. The zero-order chi connectivity index (χ0) is 18.1. The van der Waals surface area contributed by atoms with Gasteiger partial charge < -0.3 is 4.57 Å². The maximum absolute atomic E-state index is 12.1. The second-order valence-electron chi connectivity index (χ2n) is 5.31. The van der Waals surface area contributed by atoms with Crippen LogP contribution >= 0.6 is 0 Å². The molecule has 12 heteroatoms. The number of pyridine rings is 1. The van der Waals surface area contributed by atoms with Crippen molar-refractivity contribution in [3.05, 3.63) is 43.1 Å². The number of nitrogens with zero attached hydrogens (tertiary/aromatic N) is 4. The van der Waals surface area contributed by atoms with Gasteiger partial charge in [-0.1, -0.05) is 0 Å². The van der Waals surface area contributed by atoms with Crippen LogP contribution in [0.1, 0.15) is 0 Å². The van der Waals surface area contributed by atoms with Gasteiger partial charge in [0.2, 0.25) is 10.0 Å². The Balaban J connectivity index is 1.61. The summed E-state index contributed by atoms with van der Waals surface area (Å²) < 4.78 is 55.9. The van der Waals surface area contributed by atoms with Crippen LogP contribution in [0.5, 0.6) is 0 Å². The Hall–Kier alpha value is -2.44. The molecule has 0 bridgehead atoms. The monoisotopic (exact) mass is 384 g/mol. The molecule has 0 radical (unpaired) electrons. The first-order chi connectivity index (χ1) is 11.8. The highest BCUT2D eigenvalue weighted by molar-refractivity contribution is 7.92. The number of aryl methyl sites for hydroxylation is 1. The van der Waals surface area contributed by atoms with E-state index in [9.17, 15) is 16.8 Å². The van der Waals surface area contributed by atoms with E-state index < -0.39 is 25.8 Å². The third kappa shape index (κ3) is 4.15. The third-order valence-corrected chi connectivity index (χ3v) is 5.93. The number of hydrogen-bond acceptors (Lipinski definition) is 6. The molecule has 0 aliphatic rings. The molecule has 0 saturated carbocycles. The van der Waals surface area contributed by atoms with E-state index in [-0.39, 0.29) is 11.6 Å². The Morgan fingerprint density at radius 1 is 1.20 bits per heavy atom. The van der Waals surface area contributed by atoms with E-state index in [1.54, 1.807) is 42.2 Å². The minimum atomic E-state index is -3.84. The van der Waals surface area contributed by atoms with Gasteiger partial charge in [0, 0.05) is 32.2 Å². The highest BCUT2D eigenvalue weighted by Gasteiger charge is 2.18. The minimum Gasteiger partial charge on any atom is -0.339 e. The van der Waals surface area contributed by atoms with Crippen LogP contribution in [0.4, 0.5) is 5.69 Å². The third-order valence-electron chi connectivity index (χ3n) is 3.29. The number of nitrogens with one attached hydrogen (secondary N) is 2. The second kappa shape index (κ2) is 6.46. The van der Waals surface area contributed by atoms with Crippen LogP contribution in [-0.2, 0) is 27.1 Å². The summed E-state index contributed by atoms with van der Waals surface area (Å²) in [5, 5.41) is 3.86. The van der Waals surface area contributed by atoms with E-state index in [1.165, 1.54) is 17.1 Å². The summed E-state index contributed by atoms with van der Waals surface area (Å²) in [4.78, 5) is 3.73. The van der Waals surface area contributed by atoms with Gasteiger partial charge in [-0.25, -0.2) is 31.1 Å². The quantitative estimate of drug-likeness (QED) is 0.580. The fraction of sp³-hybridized carbons (Fsp3) is 0.231. The molecule has 0 unspecified atom stereocenters. The highest BCUT2D eigenvalue weighted by Crippen LogP contribution is 2.13. The molecule has 2 N–H and O–H groups in total. The lowest BCUT2D eigenvalue weighted by atomic mass is 10.4. The van der Waals surface area contributed by atoms with Crippen molar-refractivity contribution >= 4 is 31.3 Å². The average molecular weight is 384 g/mol. The molecular weight excluding hydrogens is 368 g/mol. The molecule has 0 saturated heterocycles. The predicted molar refractivity (Wildman–Crippen MR) is 91.0 cm³/mol. The van der Waals surface area contributed by atoms with Crippen LogP contribution in [0.25, 0.3) is 5.52 Å². The largest absolute Gasteiger partial charge is 0.339 e. The molecule has 0 amide bonds. The van der Waals surface area contributed by atoms with Crippen molar-refractivity contribution in [3.63, 3.8) is 0 Å². The van der Waals surface area contributed by atoms with Gasteiger partial charge in [-0.15, -0.1) is 0 Å². The molecule has 3 aromatic rings. The van der Waals surface area contributed by atoms with Gasteiger partial charge in [0.05, 0.1) is 23.3 Å². The van der Waals surface area contributed by atoms with E-state index in [0.717, 1.165) is 5.52 Å².